The first-order valence-electron chi connectivity index (χ1n) is 4.37. The van der Waals surface area contributed by atoms with E-state index in [-0.39, 0.29) is 5.69 Å². The van der Waals surface area contributed by atoms with Crippen LogP contribution in [0.1, 0.15) is 9.67 Å². The second kappa shape index (κ2) is 4.36. The molecule has 4 nitrogen and oxygen atoms in total. The van der Waals surface area contributed by atoms with Gasteiger partial charge in [0.2, 0.25) is 0 Å². The van der Waals surface area contributed by atoms with E-state index in [4.69, 9.17) is 0 Å². The minimum Gasteiger partial charge on any atom is -0.465 e. The van der Waals surface area contributed by atoms with E-state index < -0.39 is 11.8 Å². The molecule has 0 N–H and O–H groups in total. The molecule has 0 aliphatic carbocycles. The fraction of sp³-hybridized carbons (Fsp3) is 0.100. The molecule has 0 radical (unpaired) electrons. The van der Waals surface area contributed by atoms with Gasteiger partial charge in [0.25, 0.3) is 0 Å². The van der Waals surface area contributed by atoms with Gasteiger partial charge in [-0.2, -0.15) is 0 Å². The van der Waals surface area contributed by atoms with E-state index in [1.54, 1.807) is 0 Å². The SMILES string of the molecule is COC(=O)c1cnc(-c2ncccc2F)s1. The van der Waals surface area contributed by atoms with Crippen LogP contribution in [-0.2, 0) is 4.74 Å². The van der Waals surface area contributed by atoms with E-state index in [9.17, 15) is 9.18 Å². The van der Waals surface area contributed by atoms with Gasteiger partial charge >= 0.3 is 5.97 Å². The zero-order chi connectivity index (χ0) is 11.5. The van der Waals surface area contributed by atoms with Crippen molar-refractivity contribution in [1.29, 1.82) is 0 Å². The molecular weight excluding hydrogens is 231 g/mol. The predicted molar refractivity (Wildman–Crippen MR) is 56.6 cm³/mol. The maximum atomic E-state index is 13.4. The van der Waals surface area contributed by atoms with E-state index in [2.05, 4.69) is 14.7 Å². The summed E-state index contributed by atoms with van der Waals surface area (Å²) in [5.74, 6) is -0.951. The van der Waals surface area contributed by atoms with Gasteiger partial charge in [0.1, 0.15) is 15.6 Å². The summed E-state index contributed by atoms with van der Waals surface area (Å²) in [7, 11) is 1.28. The third-order valence-electron chi connectivity index (χ3n) is 1.85. The first-order valence-corrected chi connectivity index (χ1v) is 5.19. The van der Waals surface area contributed by atoms with Crippen molar-refractivity contribution in [3.63, 3.8) is 0 Å². The van der Waals surface area contributed by atoms with Crippen LogP contribution in [0.2, 0.25) is 0 Å². The molecule has 0 atom stereocenters. The van der Waals surface area contributed by atoms with E-state index in [1.165, 1.54) is 31.6 Å². The Morgan fingerprint density at radius 3 is 3.00 bits per heavy atom. The van der Waals surface area contributed by atoms with Crippen LogP contribution in [0, 0.1) is 5.82 Å². The lowest BCUT2D eigenvalue weighted by atomic mass is 10.3. The lowest BCUT2D eigenvalue weighted by Crippen LogP contribution is -1.96. The van der Waals surface area contributed by atoms with Crippen molar-refractivity contribution in [2.45, 2.75) is 0 Å². The van der Waals surface area contributed by atoms with Crippen LogP contribution in [0.4, 0.5) is 4.39 Å². The molecule has 0 aromatic carbocycles. The molecule has 6 heteroatoms. The quantitative estimate of drug-likeness (QED) is 0.752. The van der Waals surface area contributed by atoms with Crippen molar-refractivity contribution in [3.8, 4) is 10.7 Å². The lowest BCUT2D eigenvalue weighted by Gasteiger charge is -1.95. The van der Waals surface area contributed by atoms with Crippen LogP contribution in [0.25, 0.3) is 10.7 Å². The number of rotatable bonds is 2. The maximum Gasteiger partial charge on any atom is 0.349 e. The zero-order valence-electron chi connectivity index (χ0n) is 8.31. The smallest absolute Gasteiger partial charge is 0.349 e. The molecule has 2 rings (SSSR count). The van der Waals surface area contributed by atoms with Crippen molar-refractivity contribution in [1.82, 2.24) is 9.97 Å². The lowest BCUT2D eigenvalue weighted by molar-refractivity contribution is 0.0606. The molecule has 0 saturated heterocycles. The number of halogens is 1. The van der Waals surface area contributed by atoms with Gasteiger partial charge in [-0.15, -0.1) is 11.3 Å². The van der Waals surface area contributed by atoms with Crippen LogP contribution < -0.4 is 0 Å². The molecule has 16 heavy (non-hydrogen) atoms. The Morgan fingerprint density at radius 2 is 2.31 bits per heavy atom. The third-order valence-corrected chi connectivity index (χ3v) is 2.84. The summed E-state index contributed by atoms with van der Waals surface area (Å²) in [4.78, 5) is 19.3. The van der Waals surface area contributed by atoms with Gasteiger partial charge in [-0.25, -0.2) is 14.2 Å². The van der Waals surface area contributed by atoms with Gasteiger partial charge in [-0.3, -0.25) is 4.98 Å². The number of carbonyl (C=O) groups is 1. The summed E-state index contributed by atoms with van der Waals surface area (Å²) < 4.78 is 17.9. The highest BCUT2D eigenvalue weighted by Gasteiger charge is 2.14. The van der Waals surface area contributed by atoms with E-state index >= 15 is 0 Å². The van der Waals surface area contributed by atoms with Gasteiger partial charge in [-0.1, -0.05) is 0 Å². The Labute approximate surface area is 94.7 Å². The fourth-order valence-corrected chi connectivity index (χ4v) is 1.95. The zero-order valence-corrected chi connectivity index (χ0v) is 9.12. The van der Waals surface area contributed by atoms with Gasteiger partial charge in [0.15, 0.2) is 5.82 Å². The third kappa shape index (κ3) is 1.92. The van der Waals surface area contributed by atoms with Crippen molar-refractivity contribution in [2.24, 2.45) is 0 Å². The highest BCUT2D eigenvalue weighted by atomic mass is 32.1. The van der Waals surface area contributed by atoms with Gasteiger partial charge < -0.3 is 4.74 Å². The number of hydrogen-bond donors (Lipinski definition) is 0. The first-order chi connectivity index (χ1) is 7.72. The standard InChI is InChI=1S/C10H7FN2O2S/c1-15-10(14)7-5-13-9(16-7)8-6(11)3-2-4-12-8/h2-5H,1H3. The van der Waals surface area contributed by atoms with E-state index in [1.807, 2.05) is 0 Å². The average Bonchev–Trinajstić information content (AvgIpc) is 2.78. The van der Waals surface area contributed by atoms with Crippen molar-refractivity contribution in [2.75, 3.05) is 7.11 Å². The van der Waals surface area contributed by atoms with Gasteiger partial charge in [0, 0.05) is 6.20 Å². The Balaban J connectivity index is 2.39. The van der Waals surface area contributed by atoms with Crippen LogP contribution in [0.15, 0.2) is 24.5 Å². The summed E-state index contributed by atoms with van der Waals surface area (Å²) in [6, 6.07) is 2.79. The number of nitrogens with zero attached hydrogens (tertiary/aromatic N) is 2. The molecule has 0 bridgehead atoms. The Morgan fingerprint density at radius 1 is 1.50 bits per heavy atom. The van der Waals surface area contributed by atoms with Crippen LogP contribution in [0.5, 0.6) is 0 Å². The summed E-state index contributed by atoms with van der Waals surface area (Å²) in [5, 5.41) is 0.360. The van der Waals surface area contributed by atoms with Crippen molar-refractivity contribution < 1.29 is 13.9 Å². The minimum atomic E-state index is -0.486. The van der Waals surface area contributed by atoms with Crippen LogP contribution >= 0.6 is 11.3 Å². The number of pyridine rings is 1. The molecular formula is C10H7FN2O2S. The molecule has 0 fully saturated rings. The largest absolute Gasteiger partial charge is 0.465 e. The highest BCUT2D eigenvalue weighted by molar-refractivity contribution is 7.16. The number of carbonyl (C=O) groups excluding carboxylic acids is 1. The van der Waals surface area contributed by atoms with E-state index in [0.29, 0.717) is 9.88 Å². The molecule has 0 aliphatic heterocycles. The number of methoxy groups -OCH3 is 1. The monoisotopic (exact) mass is 238 g/mol. The fourth-order valence-electron chi connectivity index (χ4n) is 1.12. The van der Waals surface area contributed by atoms with Gasteiger partial charge in [-0.05, 0) is 12.1 Å². The predicted octanol–water partition coefficient (Wildman–Crippen LogP) is 2.13. The molecule has 0 amide bonds. The molecule has 0 saturated carbocycles. The molecule has 82 valence electrons. The van der Waals surface area contributed by atoms with E-state index in [0.717, 1.165) is 11.3 Å². The highest BCUT2D eigenvalue weighted by Crippen LogP contribution is 2.25. The Bertz CT molecular complexity index is 527. The first kappa shape index (κ1) is 10.7. The minimum absolute atomic E-state index is 0.141. The maximum absolute atomic E-state index is 13.4. The second-order valence-corrected chi connectivity index (χ2v) is 3.89. The topological polar surface area (TPSA) is 52.1 Å². The molecule has 0 unspecified atom stereocenters. The van der Waals surface area contributed by atoms with Crippen LogP contribution in [0.3, 0.4) is 0 Å². The molecule has 2 aromatic heterocycles. The normalized spacial score (nSPS) is 10.1. The second-order valence-electron chi connectivity index (χ2n) is 2.86. The molecule has 0 spiro atoms. The van der Waals surface area contributed by atoms with Crippen molar-refractivity contribution in [3.05, 3.63) is 35.2 Å². The summed E-state index contributed by atoms with van der Waals surface area (Å²) in [6.45, 7) is 0. The number of hydrogen-bond acceptors (Lipinski definition) is 5. The summed E-state index contributed by atoms with van der Waals surface area (Å²) >= 11 is 1.04. The average molecular weight is 238 g/mol. The number of aromatic nitrogens is 2. The molecule has 2 aromatic rings. The summed E-state index contributed by atoms with van der Waals surface area (Å²) in [5.41, 5.74) is 0.141. The Kier molecular flexibility index (Phi) is 2.91. The van der Waals surface area contributed by atoms with Crippen LogP contribution in [-0.4, -0.2) is 23.0 Å². The molecule has 2 heterocycles. The number of esters is 1. The number of ether oxygens (including phenoxy) is 1. The summed E-state index contributed by atoms with van der Waals surface area (Å²) in [6.07, 6.45) is 2.82. The molecule has 0 aliphatic rings. The van der Waals surface area contributed by atoms with Crippen molar-refractivity contribution >= 4 is 17.3 Å². The number of thiazole rings is 1. The van der Waals surface area contributed by atoms with Gasteiger partial charge in [0.05, 0.1) is 13.3 Å². The Hall–Kier alpha value is -1.82.